The van der Waals surface area contributed by atoms with Crippen LogP contribution in [0.5, 0.6) is 0 Å². The molecular weight excluding hydrogens is 212 g/mol. The molecule has 5 heteroatoms. The van der Waals surface area contributed by atoms with Crippen molar-refractivity contribution in [3.05, 3.63) is 0 Å². The van der Waals surface area contributed by atoms with Crippen LogP contribution in [0.15, 0.2) is 0 Å². The Morgan fingerprint density at radius 3 is 2.47 bits per heavy atom. The third-order valence-corrected chi connectivity index (χ3v) is 3.60. The van der Waals surface area contributed by atoms with Gasteiger partial charge in [-0.1, -0.05) is 12.2 Å². The normalized spacial score (nSPS) is 24.5. The second-order valence-corrected chi connectivity index (χ2v) is 4.75. The SMILES string of the molecule is NC(=S)C1(C(=O)NC2CCOCC2)CC1. The molecule has 3 N–H and O–H groups in total. The van der Waals surface area contributed by atoms with E-state index in [0.717, 1.165) is 38.9 Å². The fraction of sp³-hybridized carbons (Fsp3) is 0.800. The van der Waals surface area contributed by atoms with Crippen LogP contribution in [0.4, 0.5) is 0 Å². The molecule has 0 aromatic heterocycles. The molecule has 1 aliphatic carbocycles. The molecule has 1 heterocycles. The predicted molar refractivity (Wildman–Crippen MR) is 60.4 cm³/mol. The fourth-order valence-electron chi connectivity index (χ4n) is 1.88. The Morgan fingerprint density at radius 2 is 2.00 bits per heavy atom. The molecule has 4 nitrogen and oxygen atoms in total. The lowest BCUT2D eigenvalue weighted by Crippen LogP contribution is -2.46. The molecule has 0 spiro atoms. The van der Waals surface area contributed by atoms with E-state index in [2.05, 4.69) is 5.32 Å². The van der Waals surface area contributed by atoms with Gasteiger partial charge in [-0.2, -0.15) is 0 Å². The number of rotatable bonds is 3. The van der Waals surface area contributed by atoms with E-state index in [1.807, 2.05) is 0 Å². The summed E-state index contributed by atoms with van der Waals surface area (Å²) in [5, 5.41) is 3.02. The number of carbonyl (C=O) groups is 1. The van der Waals surface area contributed by atoms with Crippen LogP contribution in [0.25, 0.3) is 0 Å². The highest BCUT2D eigenvalue weighted by Crippen LogP contribution is 2.46. The number of carbonyl (C=O) groups excluding carboxylic acids is 1. The van der Waals surface area contributed by atoms with Crippen molar-refractivity contribution in [2.75, 3.05) is 13.2 Å². The maximum atomic E-state index is 11.9. The lowest BCUT2D eigenvalue weighted by molar-refractivity contribution is -0.125. The van der Waals surface area contributed by atoms with Gasteiger partial charge in [0.15, 0.2) is 0 Å². The van der Waals surface area contributed by atoms with Crippen molar-refractivity contribution in [1.29, 1.82) is 0 Å². The zero-order chi connectivity index (χ0) is 10.9. The number of hydrogen-bond acceptors (Lipinski definition) is 3. The Labute approximate surface area is 94.5 Å². The molecule has 1 aliphatic heterocycles. The quantitative estimate of drug-likeness (QED) is 0.684. The van der Waals surface area contributed by atoms with Gasteiger partial charge in [0.1, 0.15) is 0 Å². The standard InChI is InChI=1S/C10H16N2O2S/c11-8(15)10(3-4-10)9(13)12-7-1-5-14-6-2-7/h7H,1-6H2,(H2,11,15)(H,12,13). The molecule has 0 aromatic rings. The van der Waals surface area contributed by atoms with E-state index < -0.39 is 5.41 Å². The average molecular weight is 228 g/mol. The molecule has 0 radical (unpaired) electrons. The van der Waals surface area contributed by atoms with E-state index in [9.17, 15) is 4.79 Å². The Bertz CT molecular complexity index is 283. The summed E-state index contributed by atoms with van der Waals surface area (Å²) in [5.41, 5.74) is 5.06. The zero-order valence-electron chi connectivity index (χ0n) is 8.62. The van der Waals surface area contributed by atoms with Crippen LogP contribution in [0.2, 0.25) is 0 Å². The molecule has 2 aliphatic rings. The minimum absolute atomic E-state index is 0.0156. The van der Waals surface area contributed by atoms with E-state index in [4.69, 9.17) is 22.7 Å². The van der Waals surface area contributed by atoms with Crippen LogP contribution in [-0.2, 0) is 9.53 Å². The summed E-state index contributed by atoms with van der Waals surface area (Å²) in [6.45, 7) is 1.45. The van der Waals surface area contributed by atoms with Crippen molar-refractivity contribution >= 4 is 23.1 Å². The van der Waals surface area contributed by atoms with Crippen LogP contribution >= 0.6 is 12.2 Å². The molecule has 1 amide bonds. The molecule has 0 unspecified atom stereocenters. The fourth-order valence-corrected chi connectivity index (χ4v) is 2.17. The van der Waals surface area contributed by atoms with Gasteiger partial charge in [-0.3, -0.25) is 4.79 Å². The van der Waals surface area contributed by atoms with Gasteiger partial charge in [0.2, 0.25) is 5.91 Å². The summed E-state index contributed by atoms with van der Waals surface area (Å²) in [6, 6.07) is 0.234. The summed E-state index contributed by atoms with van der Waals surface area (Å²) in [4.78, 5) is 12.3. The largest absolute Gasteiger partial charge is 0.392 e. The summed E-state index contributed by atoms with van der Waals surface area (Å²) in [6.07, 6.45) is 3.38. The number of hydrogen-bond donors (Lipinski definition) is 2. The topological polar surface area (TPSA) is 64.4 Å². The van der Waals surface area contributed by atoms with Crippen molar-refractivity contribution in [1.82, 2.24) is 5.32 Å². The second-order valence-electron chi connectivity index (χ2n) is 4.31. The lowest BCUT2D eigenvalue weighted by atomic mass is 10.0. The molecule has 84 valence electrons. The number of amides is 1. The first kappa shape index (κ1) is 10.8. The average Bonchev–Trinajstić information content (AvgIpc) is 2.99. The smallest absolute Gasteiger partial charge is 0.233 e. The highest BCUT2D eigenvalue weighted by atomic mass is 32.1. The van der Waals surface area contributed by atoms with Gasteiger partial charge >= 0.3 is 0 Å². The van der Waals surface area contributed by atoms with Crippen LogP contribution in [0.1, 0.15) is 25.7 Å². The summed E-state index contributed by atoms with van der Waals surface area (Å²) >= 11 is 4.93. The van der Waals surface area contributed by atoms with Crippen LogP contribution in [0, 0.1) is 5.41 Å². The Balaban J connectivity index is 1.89. The van der Waals surface area contributed by atoms with Gasteiger partial charge in [-0.25, -0.2) is 0 Å². The molecule has 0 aromatic carbocycles. The molecule has 1 saturated heterocycles. The van der Waals surface area contributed by atoms with Gasteiger partial charge in [-0.05, 0) is 25.7 Å². The number of nitrogens with two attached hydrogens (primary N) is 1. The van der Waals surface area contributed by atoms with Gasteiger partial charge in [0, 0.05) is 19.3 Å². The monoisotopic (exact) mass is 228 g/mol. The maximum Gasteiger partial charge on any atom is 0.233 e. The zero-order valence-corrected chi connectivity index (χ0v) is 9.44. The molecule has 0 bridgehead atoms. The third kappa shape index (κ3) is 2.13. The van der Waals surface area contributed by atoms with E-state index in [-0.39, 0.29) is 11.9 Å². The van der Waals surface area contributed by atoms with Crippen LogP contribution in [0.3, 0.4) is 0 Å². The second kappa shape index (κ2) is 4.06. The first-order valence-corrected chi connectivity index (χ1v) is 5.74. The minimum atomic E-state index is -0.520. The van der Waals surface area contributed by atoms with Crippen molar-refractivity contribution in [3.8, 4) is 0 Å². The molecular formula is C10H16N2O2S. The number of nitrogens with one attached hydrogen (secondary N) is 1. The number of thiocarbonyl (C=S) groups is 1. The third-order valence-electron chi connectivity index (χ3n) is 3.21. The summed E-state index contributed by atoms with van der Waals surface area (Å²) < 4.78 is 5.23. The predicted octanol–water partition coefficient (Wildman–Crippen LogP) is 0.348. The molecule has 15 heavy (non-hydrogen) atoms. The van der Waals surface area contributed by atoms with Crippen molar-refractivity contribution in [2.45, 2.75) is 31.7 Å². The Morgan fingerprint density at radius 1 is 1.40 bits per heavy atom. The van der Waals surface area contributed by atoms with Gasteiger partial charge in [0.05, 0.1) is 10.4 Å². The highest BCUT2D eigenvalue weighted by Gasteiger charge is 2.53. The lowest BCUT2D eigenvalue weighted by Gasteiger charge is -2.25. The minimum Gasteiger partial charge on any atom is -0.392 e. The summed E-state index contributed by atoms with van der Waals surface area (Å²) in [7, 11) is 0. The number of ether oxygens (including phenoxy) is 1. The van der Waals surface area contributed by atoms with Crippen molar-refractivity contribution in [3.63, 3.8) is 0 Å². The van der Waals surface area contributed by atoms with Gasteiger partial charge < -0.3 is 15.8 Å². The molecule has 2 rings (SSSR count). The molecule has 0 atom stereocenters. The van der Waals surface area contributed by atoms with E-state index in [1.165, 1.54) is 0 Å². The van der Waals surface area contributed by atoms with E-state index in [1.54, 1.807) is 0 Å². The maximum absolute atomic E-state index is 11.9. The first-order valence-electron chi connectivity index (χ1n) is 5.34. The van der Waals surface area contributed by atoms with Gasteiger partial charge in [-0.15, -0.1) is 0 Å². The Hall–Kier alpha value is -0.680. The molecule has 2 fully saturated rings. The van der Waals surface area contributed by atoms with E-state index >= 15 is 0 Å². The van der Waals surface area contributed by atoms with E-state index in [0.29, 0.717) is 4.99 Å². The van der Waals surface area contributed by atoms with Crippen LogP contribution < -0.4 is 11.1 Å². The van der Waals surface area contributed by atoms with Crippen molar-refractivity contribution < 1.29 is 9.53 Å². The summed E-state index contributed by atoms with van der Waals surface area (Å²) in [5.74, 6) is 0.0156. The van der Waals surface area contributed by atoms with Crippen LogP contribution in [-0.4, -0.2) is 30.2 Å². The van der Waals surface area contributed by atoms with Crippen molar-refractivity contribution in [2.24, 2.45) is 11.1 Å². The molecule has 1 saturated carbocycles. The first-order chi connectivity index (χ1) is 7.15. The van der Waals surface area contributed by atoms with Gasteiger partial charge in [0.25, 0.3) is 0 Å². The Kier molecular flexibility index (Phi) is 2.93. The highest BCUT2D eigenvalue weighted by molar-refractivity contribution is 7.80.